The third-order valence-electron chi connectivity index (χ3n) is 3.25. The van der Waals surface area contributed by atoms with Crippen molar-refractivity contribution >= 4 is 28.8 Å². The molecule has 21 heavy (non-hydrogen) atoms. The smallest absolute Gasteiger partial charge is 0.411 e. The number of methoxy groups -OCH3 is 1. The minimum absolute atomic E-state index is 0.245. The van der Waals surface area contributed by atoms with Gasteiger partial charge in [0.15, 0.2) is 0 Å². The van der Waals surface area contributed by atoms with E-state index in [1.165, 1.54) is 22.4 Å². The highest BCUT2D eigenvalue weighted by Gasteiger charge is 2.11. The quantitative estimate of drug-likeness (QED) is 0.859. The van der Waals surface area contributed by atoms with Crippen LogP contribution in [0.3, 0.4) is 0 Å². The van der Waals surface area contributed by atoms with Gasteiger partial charge in [-0.05, 0) is 56.7 Å². The van der Waals surface area contributed by atoms with Gasteiger partial charge in [0.05, 0.1) is 7.11 Å². The van der Waals surface area contributed by atoms with Crippen LogP contribution in [0.4, 0.5) is 16.2 Å². The summed E-state index contributed by atoms with van der Waals surface area (Å²) in [5, 5.41) is 6.10. The summed E-state index contributed by atoms with van der Waals surface area (Å²) in [6, 6.07) is 10.0. The number of anilines is 2. The molecule has 0 radical (unpaired) electrons. The van der Waals surface area contributed by atoms with Crippen molar-refractivity contribution in [3.63, 3.8) is 0 Å². The molecule has 0 bridgehead atoms. The van der Waals surface area contributed by atoms with Gasteiger partial charge in [-0.15, -0.1) is 11.3 Å². The molecule has 1 amide bonds. The zero-order valence-corrected chi connectivity index (χ0v) is 13.5. The number of aryl methyl sites for hydroxylation is 2. The van der Waals surface area contributed by atoms with E-state index in [1.54, 1.807) is 0 Å². The predicted octanol–water partition coefficient (Wildman–Crippen LogP) is 4.72. The van der Waals surface area contributed by atoms with Crippen LogP contribution in [0.2, 0.25) is 0 Å². The summed E-state index contributed by atoms with van der Waals surface area (Å²) < 4.78 is 4.56. The van der Waals surface area contributed by atoms with Crippen molar-refractivity contribution in [2.75, 3.05) is 17.7 Å². The van der Waals surface area contributed by atoms with Crippen LogP contribution in [0, 0.1) is 13.8 Å². The Kier molecular flexibility index (Phi) is 4.85. The topological polar surface area (TPSA) is 50.4 Å². The van der Waals surface area contributed by atoms with E-state index >= 15 is 0 Å². The fourth-order valence-corrected chi connectivity index (χ4v) is 3.25. The molecule has 1 atom stereocenters. The fraction of sp³-hybridized carbons (Fsp3) is 0.312. The van der Waals surface area contributed by atoms with E-state index < -0.39 is 6.09 Å². The van der Waals surface area contributed by atoms with E-state index in [4.69, 9.17) is 0 Å². The van der Waals surface area contributed by atoms with Crippen molar-refractivity contribution in [2.24, 2.45) is 0 Å². The molecule has 112 valence electrons. The third-order valence-corrected chi connectivity index (χ3v) is 4.23. The lowest BCUT2D eigenvalue weighted by molar-refractivity contribution is 0.187. The second-order valence-electron chi connectivity index (χ2n) is 4.93. The standard InChI is InChI=1S/C16H20N2O2S/c1-10-9-15(12(3)21-10)11(2)17-13-5-7-14(8-6-13)18-16(19)20-4/h5-9,11,17H,1-4H3,(H,18,19). The molecular formula is C16H20N2O2S. The predicted molar refractivity (Wildman–Crippen MR) is 88.3 cm³/mol. The average molecular weight is 304 g/mol. The Hall–Kier alpha value is -2.01. The number of benzene rings is 1. The van der Waals surface area contributed by atoms with Gasteiger partial charge in [-0.3, -0.25) is 5.32 Å². The Morgan fingerprint density at radius 3 is 2.33 bits per heavy atom. The Bertz CT molecular complexity index is 620. The molecule has 1 aromatic carbocycles. The van der Waals surface area contributed by atoms with Gasteiger partial charge in [-0.1, -0.05) is 0 Å². The number of nitrogens with one attached hydrogen (secondary N) is 2. The first-order valence-corrected chi connectivity index (χ1v) is 7.59. The second kappa shape index (κ2) is 6.63. The van der Waals surface area contributed by atoms with Gasteiger partial charge in [-0.2, -0.15) is 0 Å². The lowest BCUT2D eigenvalue weighted by atomic mass is 10.1. The molecule has 0 aliphatic heterocycles. The number of carbonyl (C=O) groups excluding carboxylic acids is 1. The monoisotopic (exact) mass is 304 g/mol. The number of hydrogen-bond donors (Lipinski definition) is 2. The first kappa shape index (κ1) is 15.4. The number of amides is 1. The van der Waals surface area contributed by atoms with Crippen molar-refractivity contribution in [1.29, 1.82) is 0 Å². The van der Waals surface area contributed by atoms with Gasteiger partial charge >= 0.3 is 6.09 Å². The lowest BCUT2D eigenvalue weighted by Crippen LogP contribution is -2.11. The van der Waals surface area contributed by atoms with Crippen molar-refractivity contribution < 1.29 is 9.53 Å². The van der Waals surface area contributed by atoms with Gasteiger partial charge in [0.2, 0.25) is 0 Å². The largest absolute Gasteiger partial charge is 0.453 e. The van der Waals surface area contributed by atoms with E-state index in [-0.39, 0.29) is 6.04 Å². The molecular weight excluding hydrogens is 284 g/mol. The average Bonchev–Trinajstić information content (AvgIpc) is 2.80. The zero-order chi connectivity index (χ0) is 15.4. The molecule has 1 aromatic heterocycles. The van der Waals surface area contributed by atoms with E-state index in [9.17, 15) is 4.79 Å². The molecule has 0 spiro atoms. The highest BCUT2D eigenvalue weighted by Crippen LogP contribution is 2.28. The molecule has 0 aliphatic rings. The minimum Gasteiger partial charge on any atom is -0.453 e. The van der Waals surface area contributed by atoms with Crippen LogP contribution in [0.15, 0.2) is 30.3 Å². The molecule has 0 fully saturated rings. The lowest BCUT2D eigenvalue weighted by Gasteiger charge is -2.15. The number of carbonyl (C=O) groups is 1. The highest BCUT2D eigenvalue weighted by atomic mass is 32.1. The van der Waals surface area contributed by atoms with Gasteiger partial charge < -0.3 is 10.1 Å². The molecule has 2 rings (SSSR count). The summed E-state index contributed by atoms with van der Waals surface area (Å²) in [5.41, 5.74) is 3.05. The van der Waals surface area contributed by atoms with E-state index in [2.05, 4.69) is 42.2 Å². The maximum absolute atomic E-state index is 11.1. The van der Waals surface area contributed by atoms with Crippen LogP contribution in [0.5, 0.6) is 0 Å². The summed E-state index contributed by atoms with van der Waals surface area (Å²) in [6.07, 6.45) is -0.464. The second-order valence-corrected chi connectivity index (χ2v) is 6.39. The summed E-state index contributed by atoms with van der Waals surface area (Å²) in [4.78, 5) is 13.8. The Balaban J connectivity index is 2.03. The number of thiophene rings is 1. The van der Waals surface area contributed by atoms with Crippen LogP contribution in [-0.2, 0) is 4.74 Å². The van der Waals surface area contributed by atoms with Crippen molar-refractivity contribution in [3.8, 4) is 0 Å². The summed E-state index contributed by atoms with van der Waals surface area (Å²) in [5.74, 6) is 0. The van der Waals surface area contributed by atoms with Crippen LogP contribution in [0.1, 0.15) is 28.3 Å². The summed E-state index contributed by atoms with van der Waals surface area (Å²) in [7, 11) is 1.35. The van der Waals surface area contributed by atoms with E-state index in [0.29, 0.717) is 5.69 Å². The van der Waals surface area contributed by atoms with Gasteiger partial charge in [-0.25, -0.2) is 4.79 Å². The molecule has 5 heteroatoms. The van der Waals surface area contributed by atoms with Crippen LogP contribution in [-0.4, -0.2) is 13.2 Å². The third kappa shape index (κ3) is 3.98. The van der Waals surface area contributed by atoms with Crippen molar-refractivity contribution in [2.45, 2.75) is 26.8 Å². The number of rotatable bonds is 4. The van der Waals surface area contributed by atoms with Crippen molar-refractivity contribution in [1.82, 2.24) is 0 Å². The minimum atomic E-state index is -0.464. The molecule has 2 aromatic rings. The van der Waals surface area contributed by atoms with E-state index in [1.807, 2.05) is 35.6 Å². The van der Waals surface area contributed by atoms with Crippen molar-refractivity contribution in [3.05, 3.63) is 45.6 Å². The zero-order valence-electron chi connectivity index (χ0n) is 12.7. The maximum Gasteiger partial charge on any atom is 0.411 e. The van der Waals surface area contributed by atoms with Gasteiger partial charge in [0.1, 0.15) is 0 Å². The normalized spacial score (nSPS) is 11.8. The molecule has 0 saturated carbocycles. The Morgan fingerprint density at radius 1 is 1.19 bits per heavy atom. The molecule has 1 heterocycles. The van der Waals surface area contributed by atoms with Gasteiger partial charge in [0.25, 0.3) is 0 Å². The first-order valence-electron chi connectivity index (χ1n) is 6.78. The number of ether oxygens (including phenoxy) is 1. The SMILES string of the molecule is COC(=O)Nc1ccc(NC(C)c2cc(C)sc2C)cc1. The summed E-state index contributed by atoms with van der Waals surface area (Å²) >= 11 is 1.82. The molecule has 0 aliphatic carbocycles. The van der Waals surface area contributed by atoms with Crippen LogP contribution in [0.25, 0.3) is 0 Å². The molecule has 2 N–H and O–H groups in total. The Morgan fingerprint density at radius 2 is 1.81 bits per heavy atom. The maximum atomic E-state index is 11.1. The van der Waals surface area contributed by atoms with Crippen LogP contribution >= 0.6 is 11.3 Å². The fourth-order valence-electron chi connectivity index (χ4n) is 2.23. The summed E-state index contributed by atoms with van der Waals surface area (Å²) in [6.45, 7) is 6.42. The van der Waals surface area contributed by atoms with E-state index in [0.717, 1.165) is 5.69 Å². The first-order chi connectivity index (χ1) is 9.99. The van der Waals surface area contributed by atoms with Gasteiger partial charge in [0, 0.05) is 27.2 Å². The molecule has 0 saturated heterocycles. The molecule has 4 nitrogen and oxygen atoms in total. The highest BCUT2D eigenvalue weighted by molar-refractivity contribution is 7.12. The molecule has 1 unspecified atom stereocenters. The number of hydrogen-bond acceptors (Lipinski definition) is 4. The Labute approximate surface area is 129 Å². The van der Waals surface area contributed by atoms with Crippen LogP contribution < -0.4 is 10.6 Å².